The van der Waals surface area contributed by atoms with E-state index in [0.717, 1.165) is 27.8 Å². The highest BCUT2D eigenvalue weighted by Crippen LogP contribution is 2.38. The molecule has 3 aromatic rings. The molecule has 41 heavy (non-hydrogen) atoms. The summed E-state index contributed by atoms with van der Waals surface area (Å²) in [6.45, 7) is 5.93. The van der Waals surface area contributed by atoms with Crippen LogP contribution in [0.25, 0.3) is 6.08 Å². The van der Waals surface area contributed by atoms with Crippen LogP contribution in [0.4, 0.5) is 10.5 Å². The number of benzene rings is 3. The van der Waals surface area contributed by atoms with Crippen molar-refractivity contribution in [3.05, 3.63) is 99.9 Å². The number of anilines is 1. The van der Waals surface area contributed by atoms with Gasteiger partial charge in [-0.3, -0.25) is 19.3 Å². The first kappa shape index (κ1) is 29.8. The van der Waals surface area contributed by atoms with Gasteiger partial charge in [0.15, 0.2) is 11.5 Å². The first-order valence-corrected chi connectivity index (χ1v) is 14.0. The van der Waals surface area contributed by atoms with Gasteiger partial charge >= 0.3 is 0 Å². The summed E-state index contributed by atoms with van der Waals surface area (Å²) in [7, 11) is 1.55. The van der Waals surface area contributed by atoms with Crippen LogP contribution in [0.5, 0.6) is 17.2 Å². The van der Waals surface area contributed by atoms with E-state index in [2.05, 4.69) is 11.9 Å². The average Bonchev–Trinajstić information content (AvgIpc) is 3.21. The van der Waals surface area contributed by atoms with Crippen molar-refractivity contribution in [2.24, 2.45) is 0 Å². The highest BCUT2D eigenvalue weighted by atomic mass is 35.5. The molecule has 212 valence electrons. The van der Waals surface area contributed by atoms with Gasteiger partial charge in [0, 0.05) is 21.8 Å². The lowest BCUT2D eigenvalue weighted by molar-refractivity contribution is -0.127. The number of allylic oxidation sites excluding steroid dienone is 1. The Morgan fingerprint density at radius 3 is 2.51 bits per heavy atom. The van der Waals surface area contributed by atoms with E-state index < -0.39 is 23.6 Å². The quantitative estimate of drug-likeness (QED) is 0.184. The number of ether oxygens (including phenoxy) is 3. The van der Waals surface area contributed by atoms with Crippen molar-refractivity contribution in [2.45, 2.75) is 20.0 Å². The molecule has 1 fully saturated rings. The van der Waals surface area contributed by atoms with Gasteiger partial charge in [0.2, 0.25) is 5.91 Å². The van der Waals surface area contributed by atoms with Gasteiger partial charge in [0.05, 0.1) is 18.6 Å². The predicted octanol–water partition coefficient (Wildman–Crippen LogP) is 6.73. The maximum absolute atomic E-state index is 13.1. The highest BCUT2D eigenvalue weighted by Gasteiger charge is 2.36. The molecule has 3 aromatic carbocycles. The Labute approximate surface area is 247 Å². The zero-order chi connectivity index (χ0) is 29.4. The molecule has 1 N–H and O–H groups in total. The third kappa shape index (κ3) is 7.50. The number of methoxy groups -OCH3 is 1. The van der Waals surface area contributed by atoms with Crippen molar-refractivity contribution in [3.63, 3.8) is 0 Å². The molecule has 1 heterocycles. The van der Waals surface area contributed by atoms with Crippen LogP contribution >= 0.6 is 23.4 Å². The van der Waals surface area contributed by atoms with E-state index in [1.54, 1.807) is 55.7 Å². The molecule has 1 saturated heterocycles. The van der Waals surface area contributed by atoms with Crippen LogP contribution in [0.15, 0.2) is 78.2 Å². The van der Waals surface area contributed by atoms with Crippen LogP contribution in [0, 0.1) is 0 Å². The molecular formula is C31H29ClN2O6S. The lowest BCUT2D eigenvalue weighted by Crippen LogP contribution is -2.36. The van der Waals surface area contributed by atoms with Crippen molar-refractivity contribution >= 4 is 52.2 Å². The number of halogens is 1. The normalized spacial score (nSPS) is 13.8. The van der Waals surface area contributed by atoms with Gasteiger partial charge in [-0.15, -0.1) is 6.58 Å². The summed E-state index contributed by atoms with van der Waals surface area (Å²) in [6.07, 6.45) is 3.83. The maximum atomic E-state index is 13.1. The van der Waals surface area contributed by atoms with Gasteiger partial charge in [0.25, 0.3) is 11.1 Å². The molecule has 1 aliphatic heterocycles. The average molecular weight is 593 g/mol. The Balaban J connectivity index is 1.53. The van der Waals surface area contributed by atoms with E-state index in [1.807, 2.05) is 31.2 Å². The van der Waals surface area contributed by atoms with E-state index in [1.165, 1.54) is 0 Å². The van der Waals surface area contributed by atoms with E-state index in [4.69, 9.17) is 25.8 Å². The van der Waals surface area contributed by atoms with Crippen LogP contribution in [-0.2, 0) is 22.6 Å². The zero-order valence-electron chi connectivity index (χ0n) is 22.6. The molecule has 0 aliphatic carbocycles. The molecule has 1 aliphatic rings. The first-order chi connectivity index (χ1) is 19.8. The van der Waals surface area contributed by atoms with Crippen LogP contribution < -0.4 is 19.5 Å². The first-order valence-electron chi connectivity index (χ1n) is 12.8. The summed E-state index contributed by atoms with van der Waals surface area (Å²) in [5.74, 6) is 0.635. The van der Waals surface area contributed by atoms with Gasteiger partial charge in [-0.1, -0.05) is 35.9 Å². The van der Waals surface area contributed by atoms with Crippen molar-refractivity contribution in [2.75, 3.05) is 25.6 Å². The molecular weight excluding hydrogens is 564 g/mol. The van der Waals surface area contributed by atoms with Gasteiger partial charge in [0.1, 0.15) is 18.9 Å². The van der Waals surface area contributed by atoms with E-state index >= 15 is 0 Å². The predicted molar refractivity (Wildman–Crippen MR) is 162 cm³/mol. The van der Waals surface area contributed by atoms with E-state index in [9.17, 15) is 14.4 Å². The number of nitrogens with zero attached hydrogens (tertiary/aromatic N) is 1. The molecule has 8 nitrogen and oxygen atoms in total. The summed E-state index contributed by atoms with van der Waals surface area (Å²) in [4.78, 5) is 39.5. The smallest absolute Gasteiger partial charge is 0.294 e. The topological polar surface area (TPSA) is 94.2 Å². The standard InChI is InChI=1S/C31H29ClN2O6S/c1-4-8-21-15-20(16-26(39-5-2)29(21)40-19-22-9-6-7-10-25(22)32)17-27-30(36)34(31(37)41-27)18-28(35)33-23-11-13-24(38-3)14-12-23/h4,6-7,9-17H,1,5,8,18-19H2,2-3H3,(H,33,35)/b27-17+. The Morgan fingerprint density at radius 2 is 1.83 bits per heavy atom. The van der Waals surface area contributed by atoms with Gasteiger partial charge < -0.3 is 19.5 Å². The van der Waals surface area contributed by atoms with Crippen molar-refractivity contribution in [1.82, 2.24) is 4.90 Å². The SMILES string of the molecule is C=CCc1cc(/C=C2/SC(=O)N(CC(=O)Nc3ccc(OC)cc3)C2=O)cc(OCC)c1OCc1ccccc1Cl. The second kappa shape index (κ2) is 13.9. The number of amides is 3. The summed E-state index contributed by atoms with van der Waals surface area (Å²) in [5.41, 5.74) is 2.79. The lowest BCUT2D eigenvalue weighted by atomic mass is 10.0. The summed E-state index contributed by atoms with van der Waals surface area (Å²) >= 11 is 7.08. The van der Waals surface area contributed by atoms with Crippen LogP contribution in [0.2, 0.25) is 5.02 Å². The lowest BCUT2D eigenvalue weighted by Gasteiger charge is -2.17. The fourth-order valence-electron chi connectivity index (χ4n) is 4.07. The summed E-state index contributed by atoms with van der Waals surface area (Å²) in [5, 5.41) is 2.76. The Bertz CT molecular complexity index is 1490. The molecule has 0 spiro atoms. The van der Waals surface area contributed by atoms with Crippen LogP contribution in [-0.4, -0.2) is 42.2 Å². The molecule has 4 rings (SSSR count). The Morgan fingerprint density at radius 1 is 1.07 bits per heavy atom. The number of nitrogens with one attached hydrogen (secondary N) is 1. The monoisotopic (exact) mass is 592 g/mol. The number of carbonyl (C=O) groups excluding carboxylic acids is 3. The van der Waals surface area contributed by atoms with Crippen molar-refractivity contribution in [3.8, 4) is 17.2 Å². The molecule has 0 bridgehead atoms. The molecule has 0 saturated carbocycles. The molecule has 0 atom stereocenters. The van der Waals surface area contributed by atoms with Gasteiger partial charge in [-0.2, -0.15) is 0 Å². The fraction of sp³-hybridized carbons (Fsp3) is 0.194. The minimum absolute atomic E-state index is 0.198. The molecule has 0 aromatic heterocycles. The third-order valence-electron chi connectivity index (χ3n) is 5.99. The summed E-state index contributed by atoms with van der Waals surface area (Å²) in [6, 6.07) is 17.8. The second-order valence-electron chi connectivity index (χ2n) is 8.86. The van der Waals surface area contributed by atoms with E-state index in [0.29, 0.717) is 46.5 Å². The number of hydrogen-bond donors (Lipinski definition) is 1. The molecule has 0 radical (unpaired) electrons. The maximum Gasteiger partial charge on any atom is 0.294 e. The Kier molecular flexibility index (Phi) is 10.1. The largest absolute Gasteiger partial charge is 0.497 e. The number of hydrogen-bond acceptors (Lipinski definition) is 7. The minimum atomic E-state index is -0.549. The molecule has 0 unspecified atom stereocenters. The van der Waals surface area contributed by atoms with Gasteiger partial charge in [-0.05, 0) is 79.2 Å². The number of carbonyl (C=O) groups is 3. The van der Waals surface area contributed by atoms with Crippen molar-refractivity contribution in [1.29, 1.82) is 0 Å². The third-order valence-corrected chi connectivity index (χ3v) is 7.27. The summed E-state index contributed by atoms with van der Waals surface area (Å²) < 4.78 is 17.2. The van der Waals surface area contributed by atoms with Crippen molar-refractivity contribution < 1.29 is 28.6 Å². The van der Waals surface area contributed by atoms with Gasteiger partial charge in [-0.25, -0.2) is 0 Å². The van der Waals surface area contributed by atoms with E-state index in [-0.39, 0.29) is 11.5 Å². The van der Waals surface area contributed by atoms with Crippen LogP contribution in [0.3, 0.4) is 0 Å². The number of imide groups is 1. The Hall–Kier alpha value is -4.21. The molecule has 10 heteroatoms. The number of thioether (sulfide) groups is 1. The number of rotatable bonds is 12. The second-order valence-corrected chi connectivity index (χ2v) is 10.3. The van der Waals surface area contributed by atoms with Crippen LogP contribution in [0.1, 0.15) is 23.6 Å². The zero-order valence-corrected chi connectivity index (χ0v) is 24.2. The molecule has 3 amide bonds. The fourth-order valence-corrected chi connectivity index (χ4v) is 5.10. The highest BCUT2D eigenvalue weighted by molar-refractivity contribution is 8.18. The minimum Gasteiger partial charge on any atom is -0.497 e.